The Morgan fingerprint density at radius 2 is 2.24 bits per heavy atom. The number of benzene rings is 1. The van der Waals surface area contributed by atoms with Crippen molar-refractivity contribution < 1.29 is 23.5 Å². The van der Waals surface area contributed by atoms with E-state index in [-0.39, 0.29) is 12.2 Å². The van der Waals surface area contributed by atoms with E-state index in [1.54, 1.807) is 12.1 Å². The Hall–Kier alpha value is -2.42. The van der Waals surface area contributed by atoms with E-state index in [0.29, 0.717) is 23.4 Å². The number of carbonyl (C=O) groups is 2. The Bertz CT molecular complexity index is 825. The normalized spacial score (nSPS) is 22.8. The van der Waals surface area contributed by atoms with Gasteiger partial charge in [-0.2, -0.15) is 4.37 Å². The summed E-state index contributed by atoms with van der Waals surface area (Å²) in [4.78, 5) is 23.0. The standard InChI is InChI=1S/C16H18FN3O4S/c1-3-7-10(19-15(22)13(7)17)6-24-16-9-4-11(23-2)8(14(18)21)5-12(9)25-20-16/h4-5,7,10,13H,3,6H2,1-2H3,(H2,18,21)(H,19,22). The van der Waals surface area contributed by atoms with Crippen molar-refractivity contribution in [2.24, 2.45) is 11.7 Å². The molecule has 25 heavy (non-hydrogen) atoms. The topological polar surface area (TPSA) is 104 Å². The zero-order chi connectivity index (χ0) is 18.1. The predicted octanol–water partition coefficient (Wildman–Crippen LogP) is 1.65. The summed E-state index contributed by atoms with van der Waals surface area (Å²) in [5.41, 5.74) is 5.61. The fourth-order valence-corrected chi connectivity index (χ4v) is 3.75. The van der Waals surface area contributed by atoms with Gasteiger partial charge in [0.2, 0.25) is 5.88 Å². The summed E-state index contributed by atoms with van der Waals surface area (Å²) in [6.45, 7) is 1.95. The first-order valence-corrected chi connectivity index (χ1v) is 8.58. The van der Waals surface area contributed by atoms with Crippen LogP contribution in [0.15, 0.2) is 12.1 Å². The molecule has 1 aliphatic rings. The first kappa shape index (κ1) is 17.4. The van der Waals surface area contributed by atoms with Crippen LogP contribution in [-0.2, 0) is 4.79 Å². The summed E-state index contributed by atoms with van der Waals surface area (Å²) in [6, 6.07) is 2.83. The molecule has 0 bridgehead atoms. The number of aromatic nitrogens is 1. The lowest BCUT2D eigenvalue weighted by Crippen LogP contribution is -2.34. The third-order valence-corrected chi connectivity index (χ3v) is 5.16. The number of nitrogens with one attached hydrogen (secondary N) is 1. The molecule has 1 saturated heterocycles. The van der Waals surface area contributed by atoms with Gasteiger partial charge in [0.25, 0.3) is 11.8 Å². The molecule has 2 amide bonds. The molecular weight excluding hydrogens is 349 g/mol. The smallest absolute Gasteiger partial charge is 0.255 e. The van der Waals surface area contributed by atoms with E-state index in [1.807, 2.05) is 6.92 Å². The first-order valence-electron chi connectivity index (χ1n) is 7.80. The average molecular weight is 367 g/mol. The van der Waals surface area contributed by atoms with Crippen LogP contribution >= 0.6 is 11.5 Å². The molecule has 1 aromatic heterocycles. The fraction of sp³-hybridized carbons (Fsp3) is 0.438. The van der Waals surface area contributed by atoms with E-state index in [4.69, 9.17) is 15.2 Å². The van der Waals surface area contributed by atoms with Crippen molar-refractivity contribution in [3.8, 4) is 11.6 Å². The second-order valence-corrected chi connectivity index (χ2v) is 6.61. The third kappa shape index (κ3) is 3.11. The molecule has 0 radical (unpaired) electrons. The molecule has 134 valence electrons. The number of nitrogens with zero attached hydrogens (tertiary/aromatic N) is 1. The Labute approximate surface area is 147 Å². The predicted molar refractivity (Wildman–Crippen MR) is 90.8 cm³/mol. The van der Waals surface area contributed by atoms with Crippen LogP contribution in [0.3, 0.4) is 0 Å². The Morgan fingerprint density at radius 3 is 2.88 bits per heavy atom. The minimum absolute atomic E-state index is 0.114. The van der Waals surface area contributed by atoms with E-state index in [9.17, 15) is 14.0 Å². The lowest BCUT2D eigenvalue weighted by molar-refractivity contribution is -0.123. The number of ether oxygens (including phenoxy) is 2. The second-order valence-electron chi connectivity index (χ2n) is 5.80. The molecule has 3 unspecified atom stereocenters. The molecule has 1 aromatic carbocycles. The van der Waals surface area contributed by atoms with Gasteiger partial charge in [0.1, 0.15) is 12.4 Å². The zero-order valence-electron chi connectivity index (χ0n) is 13.7. The summed E-state index contributed by atoms with van der Waals surface area (Å²) >= 11 is 1.16. The summed E-state index contributed by atoms with van der Waals surface area (Å²) in [5.74, 6) is -0.942. The Kier molecular flexibility index (Phi) is 4.76. The molecule has 0 spiro atoms. The van der Waals surface area contributed by atoms with Crippen LogP contribution in [0.1, 0.15) is 23.7 Å². The average Bonchev–Trinajstić information content (AvgIpc) is 3.12. The minimum Gasteiger partial charge on any atom is -0.496 e. The highest BCUT2D eigenvalue weighted by atomic mass is 32.1. The van der Waals surface area contributed by atoms with Gasteiger partial charge >= 0.3 is 0 Å². The summed E-state index contributed by atoms with van der Waals surface area (Å²) in [5, 5.41) is 3.28. The van der Waals surface area contributed by atoms with Gasteiger partial charge in [-0.15, -0.1) is 0 Å². The maximum absolute atomic E-state index is 13.8. The van der Waals surface area contributed by atoms with Crippen LogP contribution in [-0.4, -0.2) is 42.1 Å². The summed E-state index contributed by atoms with van der Waals surface area (Å²) in [6.07, 6.45) is -0.981. The maximum Gasteiger partial charge on any atom is 0.255 e. The largest absolute Gasteiger partial charge is 0.496 e. The van der Waals surface area contributed by atoms with Gasteiger partial charge in [-0.1, -0.05) is 6.92 Å². The number of halogens is 1. The highest BCUT2D eigenvalue weighted by Crippen LogP contribution is 2.35. The number of methoxy groups -OCH3 is 1. The van der Waals surface area contributed by atoms with Crippen molar-refractivity contribution in [1.29, 1.82) is 0 Å². The molecule has 2 heterocycles. The number of carbonyl (C=O) groups excluding carboxylic acids is 2. The van der Waals surface area contributed by atoms with Crippen molar-refractivity contribution in [1.82, 2.24) is 9.69 Å². The van der Waals surface area contributed by atoms with Crippen molar-refractivity contribution >= 4 is 33.4 Å². The molecule has 3 atom stereocenters. The maximum atomic E-state index is 13.8. The SMILES string of the molecule is CCC1C(COc2nsc3cc(C(N)=O)c(OC)cc23)NC(=O)C1F. The Morgan fingerprint density at radius 1 is 1.48 bits per heavy atom. The number of alkyl halides is 1. The van der Waals surface area contributed by atoms with Gasteiger partial charge in [0.05, 0.1) is 28.8 Å². The number of amides is 2. The summed E-state index contributed by atoms with van der Waals surface area (Å²) < 4.78 is 29.7. The number of rotatable bonds is 6. The molecule has 3 rings (SSSR count). The molecule has 2 aromatic rings. The molecule has 9 heteroatoms. The zero-order valence-corrected chi connectivity index (χ0v) is 14.6. The van der Waals surface area contributed by atoms with Crippen molar-refractivity contribution in [3.05, 3.63) is 17.7 Å². The van der Waals surface area contributed by atoms with Gasteiger partial charge in [-0.25, -0.2) is 4.39 Å². The van der Waals surface area contributed by atoms with Crippen molar-refractivity contribution in [2.75, 3.05) is 13.7 Å². The number of primary amides is 1. The van der Waals surface area contributed by atoms with Crippen LogP contribution < -0.4 is 20.5 Å². The van der Waals surface area contributed by atoms with Crippen molar-refractivity contribution in [2.45, 2.75) is 25.6 Å². The van der Waals surface area contributed by atoms with Crippen LogP contribution in [0.4, 0.5) is 4.39 Å². The molecule has 0 saturated carbocycles. The van der Waals surface area contributed by atoms with Crippen LogP contribution in [0.5, 0.6) is 11.6 Å². The van der Waals surface area contributed by atoms with E-state index in [2.05, 4.69) is 9.69 Å². The van der Waals surface area contributed by atoms with Crippen molar-refractivity contribution in [3.63, 3.8) is 0 Å². The van der Waals surface area contributed by atoms with Gasteiger partial charge in [-0.05, 0) is 30.1 Å². The number of hydrogen-bond donors (Lipinski definition) is 2. The Balaban J connectivity index is 1.83. The van der Waals surface area contributed by atoms with Crippen LogP contribution in [0.25, 0.3) is 10.1 Å². The number of hydrogen-bond acceptors (Lipinski definition) is 6. The minimum atomic E-state index is -1.51. The van der Waals surface area contributed by atoms with Gasteiger partial charge in [0, 0.05) is 5.92 Å². The van der Waals surface area contributed by atoms with E-state index in [0.717, 1.165) is 16.2 Å². The lowest BCUT2D eigenvalue weighted by Gasteiger charge is -2.17. The van der Waals surface area contributed by atoms with Gasteiger partial charge in [-0.3, -0.25) is 9.59 Å². The molecule has 1 fully saturated rings. The number of nitrogens with two attached hydrogens (primary N) is 1. The van der Waals surface area contributed by atoms with Gasteiger partial charge < -0.3 is 20.5 Å². The van der Waals surface area contributed by atoms with Gasteiger partial charge in [0.15, 0.2) is 6.17 Å². The van der Waals surface area contributed by atoms with E-state index in [1.165, 1.54) is 7.11 Å². The second kappa shape index (κ2) is 6.83. The monoisotopic (exact) mass is 367 g/mol. The quantitative estimate of drug-likeness (QED) is 0.808. The highest BCUT2D eigenvalue weighted by Gasteiger charge is 2.41. The first-order chi connectivity index (χ1) is 12.0. The van der Waals surface area contributed by atoms with E-state index < -0.39 is 29.9 Å². The molecule has 1 aliphatic heterocycles. The molecular formula is C16H18FN3O4S. The van der Waals surface area contributed by atoms with Crippen LogP contribution in [0.2, 0.25) is 0 Å². The number of fused-ring (bicyclic) bond motifs is 1. The van der Waals surface area contributed by atoms with Crippen LogP contribution in [0, 0.1) is 5.92 Å². The molecule has 0 aliphatic carbocycles. The molecule has 3 N–H and O–H groups in total. The van der Waals surface area contributed by atoms with E-state index >= 15 is 0 Å². The summed E-state index contributed by atoms with van der Waals surface area (Å²) in [7, 11) is 1.44. The fourth-order valence-electron chi connectivity index (χ4n) is 3.00. The third-order valence-electron chi connectivity index (χ3n) is 4.37. The lowest BCUT2D eigenvalue weighted by atomic mass is 9.97. The highest BCUT2D eigenvalue weighted by molar-refractivity contribution is 7.13. The molecule has 7 nitrogen and oxygen atoms in total.